The number of aliphatic hydroxyl groups is 1. The number of rotatable bonds is 7. The Morgan fingerprint density at radius 2 is 1.54 bits per heavy atom. The van der Waals surface area contributed by atoms with E-state index < -0.39 is 5.60 Å². The fourth-order valence-electron chi connectivity index (χ4n) is 4.02. The predicted molar refractivity (Wildman–Crippen MR) is 100 cm³/mol. The lowest BCUT2D eigenvalue weighted by atomic mass is 9.80. The third kappa shape index (κ3) is 3.95. The molecule has 2 aromatic carbocycles. The second-order valence-corrected chi connectivity index (χ2v) is 6.87. The van der Waals surface area contributed by atoms with Gasteiger partial charge in [-0.25, -0.2) is 0 Å². The van der Waals surface area contributed by atoms with E-state index >= 15 is 0 Å². The monoisotopic (exact) mass is 321 g/mol. The highest BCUT2D eigenvalue weighted by Crippen LogP contribution is 2.32. The van der Waals surface area contributed by atoms with Crippen molar-refractivity contribution in [2.24, 2.45) is 0 Å². The van der Waals surface area contributed by atoms with Gasteiger partial charge in [-0.05, 0) is 30.5 Å². The first-order valence-corrected chi connectivity index (χ1v) is 8.86. The van der Waals surface area contributed by atoms with Crippen LogP contribution in [0.5, 0.6) is 0 Å². The molecule has 24 heavy (non-hydrogen) atoms. The minimum Gasteiger partial charge on any atom is -0.388 e. The van der Waals surface area contributed by atoms with Crippen molar-refractivity contribution in [1.29, 1.82) is 0 Å². The highest BCUT2D eigenvalue weighted by molar-refractivity contribution is 5.23. The van der Waals surface area contributed by atoms with Gasteiger partial charge in [0.2, 0.25) is 0 Å². The molecule has 0 radical (unpaired) electrons. The lowest BCUT2D eigenvalue weighted by Gasteiger charge is -2.39. The Kier molecular flexibility index (Phi) is 5.49. The molecule has 1 aliphatic rings. The molecular formula is C22H27NO. The highest BCUT2D eigenvalue weighted by atomic mass is 16.3. The van der Waals surface area contributed by atoms with E-state index in [1.165, 1.54) is 11.1 Å². The van der Waals surface area contributed by atoms with Crippen LogP contribution < -0.4 is 0 Å². The minimum absolute atomic E-state index is 0.177. The van der Waals surface area contributed by atoms with Crippen molar-refractivity contribution in [3.8, 4) is 0 Å². The van der Waals surface area contributed by atoms with Gasteiger partial charge in [0.25, 0.3) is 0 Å². The maximum Gasteiger partial charge on any atom is 0.0882 e. The Balaban J connectivity index is 1.88. The van der Waals surface area contributed by atoms with Crippen LogP contribution in [0, 0.1) is 0 Å². The van der Waals surface area contributed by atoms with E-state index in [1.807, 2.05) is 18.2 Å². The van der Waals surface area contributed by atoms with Gasteiger partial charge in [-0.15, -0.1) is 6.58 Å². The average Bonchev–Trinajstić information content (AvgIpc) is 3.06. The van der Waals surface area contributed by atoms with Crippen molar-refractivity contribution in [2.75, 3.05) is 13.1 Å². The first-order chi connectivity index (χ1) is 11.7. The highest BCUT2D eigenvalue weighted by Gasteiger charge is 2.42. The van der Waals surface area contributed by atoms with Crippen molar-refractivity contribution in [3.63, 3.8) is 0 Å². The number of benzene rings is 2. The number of likely N-dealkylation sites (tertiary alicyclic amines) is 1. The third-order valence-corrected chi connectivity index (χ3v) is 5.05. The van der Waals surface area contributed by atoms with Gasteiger partial charge in [-0.3, -0.25) is 4.90 Å². The molecule has 1 N–H and O–H groups in total. The van der Waals surface area contributed by atoms with E-state index in [9.17, 15) is 5.11 Å². The van der Waals surface area contributed by atoms with Crippen LogP contribution in [-0.2, 0) is 12.8 Å². The van der Waals surface area contributed by atoms with Crippen LogP contribution in [0.1, 0.15) is 24.0 Å². The molecule has 0 saturated carbocycles. The molecule has 1 fully saturated rings. The maximum absolute atomic E-state index is 11.7. The fraction of sp³-hybridized carbons (Fsp3) is 0.364. The van der Waals surface area contributed by atoms with Gasteiger partial charge in [0.05, 0.1) is 5.60 Å². The maximum atomic E-state index is 11.7. The summed E-state index contributed by atoms with van der Waals surface area (Å²) in [5.41, 5.74) is 1.63. The molecule has 3 rings (SSSR count). The van der Waals surface area contributed by atoms with Gasteiger partial charge in [-0.1, -0.05) is 66.7 Å². The van der Waals surface area contributed by atoms with Crippen LogP contribution >= 0.6 is 0 Å². The van der Waals surface area contributed by atoms with Gasteiger partial charge >= 0.3 is 0 Å². The van der Waals surface area contributed by atoms with Crippen LogP contribution in [0.15, 0.2) is 73.3 Å². The van der Waals surface area contributed by atoms with Gasteiger partial charge in [0, 0.05) is 25.4 Å². The van der Waals surface area contributed by atoms with Crippen LogP contribution in [-0.4, -0.2) is 34.7 Å². The summed E-state index contributed by atoms with van der Waals surface area (Å²) < 4.78 is 0. The van der Waals surface area contributed by atoms with Crippen LogP contribution in [0.2, 0.25) is 0 Å². The second kappa shape index (κ2) is 7.78. The summed E-state index contributed by atoms with van der Waals surface area (Å²) in [6.07, 6.45) is 5.50. The van der Waals surface area contributed by atoms with Crippen molar-refractivity contribution in [3.05, 3.63) is 84.4 Å². The molecule has 0 bridgehead atoms. The summed E-state index contributed by atoms with van der Waals surface area (Å²) in [5.74, 6) is 0. The summed E-state index contributed by atoms with van der Waals surface area (Å²) >= 11 is 0. The lowest BCUT2D eigenvalue weighted by Crippen LogP contribution is -2.52. The van der Waals surface area contributed by atoms with Crippen LogP contribution in [0.4, 0.5) is 0 Å². The number of nitrogens with zero attached hydrogens (tertiary/aromatic N) is 1. The van der Waals surface area contributed by atoms with Gasteiger partial charge in [-0.2, -0.15) is 0 Å². The summed E-state index contributed by atoms with van der Waals surface area (Å²) in [6.45, 7) is 5.77. The largest absolute Gasteiger partial charge is 0.388 e. The topological polar surface area (TPSA) is 23.5 Å². The van der Waals surface area contributed by atoms with Crippen molar-refractivity contribution in [1.82, 2.24) is 4.90 Å². The number of hydrogen-bond acceptors (Lipinski definition) is 2. The van der Waals surface area contributed by atoms with Gasteiger partial charge in [0.15, 0.2) is 0 Å². The van der Waals surface area contributed by atoms with Crippen molar-refractivity contribution in [2.45, 2.75) is 37.3 Å². The van der Waals surface area contributed by atoms with Gasteiger partial charge < -0.3 is 5.11 Å². The van der Waals surface area contributed by atoms with E-state index in [0.717, 1.165) is 25.9 Å². The molecule has 2 aromatic rings. The molecule has 1 aliphatic heterocycles. The molecule has 1 heterocycles. The molecule has 0 aliphatic carbocycles. The fourth-order valence-corrected chi connectivity index (χ4v) is 4.02. The minimum atomic E-state index is -0.762. The number of hydrogen-bond donors (Lipinski definition) is 1. The standard InChI is InChI=1S/C22H27NO/c1-2-15-23-16-9-14-21(23)22(24,17-19-10-5-3-6-11-19)18-20-12-7-4-8-13-20/h2-8,10-13,21,24H,1,9,14-18H2. The Bertz CT molecular complexity index is 596. The zero-order valence-corrected chi connectivity index (χ0v) is 14.3. The van der Waals surface area contributed by atoms with Gasteiger partial charge in [0.1, 0.15) is 0 Å². The molecule has 1 atom stereocenters. The average molecular weight is 321 g/mol. The first kappa shape index (κ1) is 16.9. The molecule has 1 unspecified atom stereocenters. The first-order valence-electron chi connectivity index (χ1n) is 8.86. The zero-order valence-electron chi connectivity index (χ0n) is 14.3. The second-order valence-electron chi connectivity index (χ2n) is 6.87. The Morgan fingerprint density at radius 3 is 2.04 bits per heavy atom. The summed E-state index contributed by atoms with van der Waals surface area (Å²) in [6, 6.07) is 20.9. The van der Waals surface area contributed by atoms with E-state index in [2.05, 4.69) is 60.0 Å². The summed E-state index contributed by atoms with van der Waals surface area (Å²) in [5, 5.41) is 11.7. The van der Waals surface area contributed by atoms with Crippen LogP contribution in [0.25, 0.3) is 0 Å². The summed E-state index contributed by atoms with van der Waals surface area (Å²) in [4.78, 5) is 2.39. The van der Waals surface area contributed by atoms with E-state index in [-0.39, 0.29) is 6.04 Å². The molecule has 1 saturated heterocycles. The van der Waals surface area contributed by atoms with E-state index in [0.29, 0.717) is 12.8 Å². The molecule has 0 amide bonds. The van der Waals surface area contributed by atoms with Crippen LogP contribution in [0.3, 0.4) is 0 Å². The lowest BCUT2D eigenvalue weighted by molar-refractivity contribution is -0.0300. The van der Waals surface area contributed by atoms with E-state index in [4.69, 9.17) is 0 Å². The van der Waals surface area contributed by atoms with Crippen molar-refractivity contribution >= 4 is 0 Å². The smallest absolute Gasteiger partial charge is 0.0882 e. The summed E-state index contributed by atoms with van der Waals surface area (Å²) in [7, 11) is 0. The zero-order chi connectivity index (χ0) is 16.8. The molecule has 0 aromatic heterocycles. The SMILES string of the molecule is C=CCN1CCCC1C(O)(Cc1ccccc1)Cc1ccccc1. The normalized spacial score (nSPS) is 18.6. The molecule has 2 nitrogen and oxygen atoms in total. The predicted octanol–water partition coefficient (Wildman–Crippen LogP) is 3.85. The Hall–Kier alpha value is -1.90. The molecule has 126 valence electrons. The third-order valence-electron chi connectivity index (χ3n) is 5.05. The van der Waals surface area contributed by atoms with E-state index in [1.54, 1.807) is 0 Å². The molecule has 0 spiro atoms. The Labute approximate surface area is 145 Å². The van der Waals surface area contributed by atoms with Crippen molar-refractivity contribution < 1.29 is 5.11 Å². The Morgan fingerprint density at radius 1 is 1.00 bits per heavy atom. The molecular weight excluding hydrogens is 294 g/mol. The molecule has 2 heteroatoms. The quantitative estimate of drug-likeness (QED) is 0.783.